The second-order valence-electron chi connectivity index (χ2n) is 7.71. The average Bonchev–Trinajstić information content (AvgIpc) is 2.77. The van der Waals surface area contributed by atoms with Crippen LogP contribution in [0.3, 0.4) is 0 Å². The normalized spacial score (nSPS) is 19.1. The first kappa shape index (κ1) is 21.0. The molecule has 1 saturated carbocycles. The molecule has 6 nitrogen and oxygen atoms in total. The van der Waals surface area contributed by atoms with Gasteiger partial charge in [0, 0.05) is 41.5 Å². The fourth-order valence-corrected chi connectivity index (χ4v) is 3.58. The van der Waals surface area contributed by atoms with Gasteiger partial charge in [-0.1, -0.05) is 12.1 Å². The first-order valence-corrected chi connectivity index (χ1v) is 10.2. The van der Waals surface area contributed by atoms with Crippen LogP contribution < -0.4 is 5.32 Å². The van der Waals surface area contributed by atoms with Crippen molar-refractivity contribution in [3.05, 3.63) is 65.4 Å². The quantitative estimate of drug-likeness (QED) is 0.604. The molecule has 1 aliphatic rings. The average molecular weight is 424 g/mol. The van der Waals surface area contributed by atoms with Crippen LogP contribution in [-0.4, -0.2) is 33.3 Å². The summed E-state index contributed by atoms with van der Waals surface area (Å²) in [5.74, 6) is -1.16. The molecule has 0 unspecified atom stereocenters. The number of rotatable bonds is 5. The molecule has 160 valence electrons. The van der Waals surface area contributed by atoms with E-state index in [9.17, 15) is 18.7 Å². The van der Waals surface area contributed by atoms with Crippen LogP contribution in [-0.2, 0) is 6.54 Å². The fourth-order valence-electron chi connectivity index (χ4n) is 3.58. The molecule has 0 saturated heterocycles. The van der Waals surface area contributed by atoms with E-state index in [0.29, 0.717) is 22.9 Å². The third-order valence-corrected chi connectivity index (χ3v) is 5.43. The molecule has 1 amide bonds. The predicted molar refractivity (Wildman–Crippen MR) is 113 cm³/mol. The second-order valence-corrected chi connectivity index (χ2v) is 7.71. The lowest BCUT2D eigenvalue weighted by Gasteiger charge is -2.21. The van der Waals surface area contributed by atoms with E-state index in [2.05, 4.69) is 20.3 Å². The molecule has 0 bridgehead atoms. The first-order chi connectivity index (χ1) is 15.0. The molecule has 1 aliphatic carbocycles. The van der Waals surface area contributed by atoms with Gasteiger partial charge in [0.05, 0.1) is 11.6 Å². The number of aliphatic hydroxyl groups is 1. The molecule has 0 spiro atoms. The number of aromatic nitrogens is 2. The van der Waals surface area contributed by atoms with Gasteiger partial charge in [0.2, 0.25) is 5.95 Å². The summed E-state index contributed by atoms with van der Waals surface area (Å²) < 4.78 is 26.8. The minimum atomic E-state index is -0.707. The fraction of sp³-hybridized carbons (Fsp3) is 0.304. The lowest BCUT2D eigenvalue weighted by Crippen LogP contribution is -2.23. The summed E-state index contributed by atoms with van der Waals surface area (Å²) in [6.45, 7) is -0.0572. The Morgan fingerprint density at radius 1 is 1.16 bits per heavy atom. The van der Waals surface area contributed by atoms with E-state index in [1.54, 1.807) is 24.4 Å². The molecule has 8 heteroatoms. The second kappa shape index (κ2) is 9.26. The van der Waals surface area contributed by atoms with Gasteiger partial charge in [0.25, 0.3) is 5.91 Å². The van der Waals surface area contributed by atoms with Crippen LogP contribution in [0.2, 0.25) is 0 Å². The van der Waals surface area contributed by atoms with Gasteiger partial charge in [-0.2, -0.15) is 0 Å². The first-order valence-electron chi connectivity index (χ1n) is 10.2. The molecule has 0 atom stereocenters. The van der Waals surface area contributed by atoms with Crippen molar-refractivity contribution >= 4 is 29.0 Å². The van der Waals surface area contributed by atoms with Gasteiger partial charge < -0.3 is 10.4 Å². The Balaban J connectivity index is 1.45. The van der Waals surface area contributed by atoms with Crippen molar-refractivity contribution in [3.8, 4) is 0 Å². The molecular weight excluding hydrogens is 402 g/mol. The van der Waals surface area contributed by atoms with Crippen molar-refractivity contribution in [3.63, 3.8) is 0 Å². The molecule has 2 aromatic carbocycles. The van der Waals surface area contributed by atoms with E-state index in [0.717, 1.165) is 43.2 Å². The van der Waals surface area contributed by atoms with Gasteiger partial charge in [-0.05, 0) is 49.8 Å². The molecule has 1 heterocycles. The number of aliphatic imine (C=N–C) groups is 1. The molecular formula is C23H22F2N4O2. The van der Waals surface area contributed by atoms with E-state index in [1.807, 2.05) is 6.21 Å². The minimum absolute atomic E-state index is 0.0572. The Labute approximate surface area is 178 Å². The van der Waals surface area contributed by atoms with Gasteiger partial charge in [0.1, 0.15) is 11.6 Å². The van der Waals surface area contributed by atoms with E-state index in [4.69, 9.17) is 0 Å². The standard InChI is InChI=1S/C23H22F2N4O2/c24-18-6-5-16(20(25)10-18)12-26-22(31)15-3-4-17-13-28-23(29-21(17)9-15)27-11-14-1-7-19(30)8-2-14/h3-6,9-11,13-14,19,30H,1-2,7-8,12H2,(H,26,31)/b27-11-. The Morgan fingerprint density at radius 3 is 2.74 bits per heavy atom. The molecule has 0 radical (unpaired) electrons. The number of amides is 1. The lowest BCUT2D eigenvalue weighted by molar-refractivity contribution is 0.0950. The number of nitrogens with zero attached hydrogens (tertiary/aromatic N) is 3. The van der Waals surface area contributed by atoms with Crippen molar-refractivity contribution in [2.24, 2.45) is 10.9 Å². The number of hydrogen-bond donors (Lipinski definition) is 2. The third kappa shape index (κ3) is 5.27. The number of fused-ring (bicyclic) bond motifs is 1. The Morgan fingerprint density at radius 2 is 1.97 bits per heavy atom. The Hall–Kier alpha value is -3.26. The summed E-state index contributed by atoms with van der Waals surface area (Å²) >= 11 is 0. The maximum atomic E-state index is 13.7. The van der Waals surface area contributed by atoms with Crippen LogP contribution in [0.5, 0.6) is 0 Å². The number of nitrogens with one attached hydrogen (secondary N) is 1. The van der Waals surface area contributed by atoms with Crippen LogP contribution in [0.1, 0.15) is 41.6 Å². The van der Waals surface area contributed by atoms with Gasteiger partial charge >= 0.3 is 0 Å². The summed E-state index contributed by atoms with van der Waals surface area (Å²) in [4.78, 5) is 25.5. The molecule has 1 aromatic heterocycles. The Bertz CT molecular complexity index is 1130. The van der Waals surface area contributed by atoms with E-state index in [1.165, 1.54) is 6.07 Å². The molecule has 31 heavy (non-hydrogen) atoms. The summed E-state index contributed by atoms with van der Waals surface area (Å²) in [7, 11) is 0. The number of benzene rings is 2. The zero-order valence-corrected chi connectivity index (χ0v) is 16.8. The van der Waals surface area contributed by atoms with Gasteiger partial charge in [-0.15, -0.1) is 0 Å². The Kier molecular flexibility index (Phi) is 6.27. The highest BCUT2D eigenvalue weighted by Gasteiger charge is 2.17. The summed E-state index contributed by atoms with van der Waals surface area (Å²) in [6.07, 6.45) is 6.58. The maximum absolute atomic E-state index is 13.7. The largest absolute Gasteiger partial charge is 0.393 e. The lowest BCUT2D eigenvalue weighted by atomic mass is 9.88. The van der Waals surface area contributed by atoms with Crippen molar-refractivity contribution in [1.29, 1.82) is 0 Å². The highest BCUT2D eigenvalue weighted by atomic mass is 19.1. The highest BCUT2D eigenvalue weighted by Crippen LogP contribution is 2.23. The van der Waals surface area contributed by atoms with Crippen molar-refractivity contribution in [2.45, 2.75) is 38.3 Å². The van der Waals surface area contributed by atoms with Crippen LogP contribution in [0.4, 0.5) is 14.7 Å². The van der Waals surface area contributed by atoms with Crippen LogP contribution in [0.25, 0.3) is 10.9 Å². The van der Waals surface area contributed by atoms with Crippen LogP contribution in [0, 0.1) is 17.6 Å². The molecule has 1 fully saturated rings. The topological polar surface area (TPSA) is 87.5 Å². The SMILES string of the molecule is O=C(NCc1ccc(F)cc1F)c1ccc2cnc(/N=C\C3CCC(O)CC3)nc2c1. The zero-order valence-electron chi connectivity index (χ0n) is 16.8. The van der Waals surface area contributed by atoms with E-state index < -0.39 is 17.5 Å². The van der Waals surface area contributed by atoms with Gasteiger partial charge in [-0.25, -0.2) is 23.7 Å². The smallest absolute Gasteiger partial charge is 0.251 e. The molecule has 4 rings (SSSR count). The highest BCUT2D eigenvalue weighted by molar-refractivity contribution is 5.97. The van der Waals surface area contributed by atoms with Crippen LogP contribution in [0.15, 0.2) is 47.6 Å². The summed E-state index contributed by atoms with van der Waals surface area (Å²) in [5.41, 5.74) is 1.14. The monoisotopic (exact) mass is 424 g/mol. The summed E-state index contributed by atoms with van der Waals surface area (Å²) in [5, 5.41) is 13.0. The van der Waals surface area contributed by atoms with Crippen molar-refractivity contribution in [1.82, 2.24) is 15.3 Å². The number of carbonyl (C=O) groups excluding carboxylic acids is 1. The number of aliphatic hydroxyl groups excluding tert-OH is 1. The number of hydrogen-bond acceptors (Lipinski definition) is 5. The maximum Gasteiger partial charge on any atom is 0.251 e. The van der Waals surface area contributed by atoms with E-state index in [-0.39, 0.29) is 18.2 Å². The number of halogens is 2. The van der Waals surface area contributed by atoms with E-state index >= 15 is 0 Å². The minimum Gasteiger partial charge on any atom is -0.393 e. The van der Waals surface area contributed by atoms with Crippen LogP contribution >= 0.6 is 0 Å². The molecule has 3 aromatic rings. The zero-order chi connectivity index (χ0) is 21.8. The predicted octanol–water partition coefficient (Wildman–Crippen LogP) is 4.09. The molecule has 2 N–H and O–H groups in total. The summed E-state index contributed by atoms with van der Waals surface area (Å²) in [6, 6.07) is 8.23. The molecule has 0 aliphatic heterocycles. The van der Waals surface area contributed by atoms with Gasteiger partial charge in [0.15, 0.2) is 0 Å². The van der Waals surface area contributed by atoms with Crippen molar-refractivity contribution in [2.75, 3.05) is 0 Å². The van der Waals surface area contributed by atoms with Crippen molar-refractivity contribution < 1.29 is 18.7 Å². The number of carbonyl (C=O) groups is 1. The van der Waals surface area contributed by atoms with Gasteiger partial charge in [-0.3, -0.25) is 4.79 Å². The third-order valence-electron chi connectivity index (χ3n) is 5.43.